The van der Waals surface area contributed by atoms with Gasteiger partial charge >= 0.3 is 0 Å². The van der Waals surface area contributed by atoms with Gasteiger partial charge in [0, 0.05) is 111 Å². The number of hydrogen-bond acceptors (Lipinski definition) is 6. The number of fused-ring (bicyclic) bond motifs is 12. The lowest BCUT2D eigenvalue weighted by molar-refractivity contribution is 0.670. The summed E-state index contributed by atoms with van der Waals surface area (Å²) < 4.78 is 14.3. The highest BCUT2D eigenvalue weighted by molar-refractivity contribution is 7.27. The molecule has 0 aliphatic carbocycles. The zero-order valence-electron chi connectivity index (χ0n) is 55.2. The number of nitrogens with zero attached hydrogens (tertiary/aromatic N) is 2. The quantitative estimate of drug-likeness (QED) is 0.115. The van der Waals surface area contributed by atoms with E-state index in [4.69, 9.17) is 4.42 Å². The van der Waals surface area contributed by atoms with Gasteiger partial charge in [-0.2, -0.15) is 0 Å². The second-order valence-corrected chi connectivity index (χ2v) is 29.4. The SMILES string of the molecule is c1ccc(-c2ccc(N(c3ccc(-c4cccc(-c5ccc(-c6ccc(N(c7ccc(-c8cccc9c8sc8ccccc89)cc7)c7ccc(-c8cccc9c8sc8ccccc89)cc7)cc6)c6sc7ccccc7c56)c4)cc3)c3ccc(-c4cccc5c4oc4ccccc45)cc3)cc2)cc1. The van der Waals surface area contributed by atoms with Crippen molar-refractivity contribution in [1.82, 2.24) is 0 Å². The Morgan fingerprint density at radius 3 is 1.05 bits per heavy atom. The fourth-order valence-corrected chi connectivity index (χ4v) is 19.1. The average molecular weight is 1350 g/mol. The number of para-hydroxylation sites is 2. The number of benzene rings is 16. The Morgan fingerprint density at radius 1 is 0.196 bits per heavy atom. The third kappa shape index (κ3) is 10.3. The Balaban J connectivity index is 0.634. The predicted octanol–water partition coefficient (Wildman–Crippen LogP) is 29.3. The number of rotatable bonds is 13. The predicted molar refractivity (Wildman–Crippen MR) is 440 cm³/mol. The summed E-state index contributed by atoms with van der Waals surface area (Å²) in [5.41, 5.74) is 24.8. The average Bonchev–Trinajstić information content (AvgIpc) is 1.55. The summed E-state index contributed by atoms with van der Waals surface area (Å²) in [5, 5.41) is 10.0. The molecular formula is C96H60N2OS3. The smallest absolute Gasteiger partial charge is 0.143 e. The van der Waals surface area contributed by atoms with Crippen molar-refractivity contribution in [1.29, 1.82) is 0 Å². The van der Waals surface area contributed by atoms with Crippen molar-refractivity contribution in [3.05, 3.63) is 364 Å². The van der Waals surface area contributed by atoms with Gasteiger partial charge in [0.25, 0.3) is 0 Å². The molecule has 0 amide bonds. The first-order chi connectivity index (χ1) is 50.5. The van der Waals surface area contributed by atoms with Gasteiger partial charge in [0.2, 0.25) is 0 Å². The molecule has 0 radical (unpaired) electrons. The minimum Gasteiger partial charge on any atom is -0.455 e. The van der Waals surface area contributed by atoms with Gasteiger partial charge in [-0.05, 0) is 175 Å². The van der Waals surface area contributed by atoms with E-state index in [2.05, 4.69) is 362 Å². The van der Waals surface area contributed by atoms with E-state index in [0.717, 1.165) is 78.3 Å². The number of hydrogen-bond donors (Lipinski definition) is 0. The molecule has 3 nitrogen and oxygen atoms in total. The van der Waals surface area contributed by atoms with E-state index in [9.17, 15) is 0 Å². The first-order valence-electron chi connectivity index (χ1n) is 34.6. The molecule has 0 aliphatic rings. The van der Waals surface area contributed by atoms with Crippen LogP contribution in [-0.4, -0.2) is 0 Å². The molecule has 0 bridgehead atoms. The molecule has 0 saturated heterocycles. The summed E-state index contributed by atoms with van der Waals surface area (Å²) in [7, 11) is 0. The van der Waals surface area contributed by atoms with Gasteiger partial charge in [-0.25, -0.2) is 0 Å². The first-order valence-corrected chi connectivity index (χ1v) is 37.0. The van der Waals surface area contributed by atoms with Gasteiger partial charge < -0.3 is 14.2 Å². The topological polar surface area (TPSA) is 19.6 Å². The van der Waals surface area contributed by atoms with Crippen molar-refractivity contribution in [2.75, 3.05) is 9.80 Å². The van der Waals surface area contributed by atoms with Gasteiger partial charge in [-0.15, -0.1) is 34.0 Å². The monoisotopic (exact) mass is 1350 g/mol. The number of anilines is 6. The van der Waals surface area contributed by atoms with E-state index in [1.165, 1.54) is 116 Å². The third-order valence-electron chi connectivity index (χ3n) is 20.4. The Morgan fingerprint density at radius 2 is 0.529 bits per heavy atom. The molecule has 4 aromatic heterocycles. The Labute approximate surface area is 602 Å². The molecule has 20 aromatic rings. The summed E-state index contributed by atoms with van der Waals surface area (Å²) in [6.45, 7) is 0. The Hall–Kier alpha value is -12.4. The first kappa shape index (κ1) is 59.6. The van der Waals surface area contributed by atoms with E-state index < -0.39 is 0 Å². The third-order valence-corrected chi connectivity index (χ3v) is 24.0. The number of thiophene rings is 3. The molecule has 0 N–H and O–H groups in total. The fraction of sp³-hybridized carbons (Fsp3) is 0. The van der Waals surface area contributed by atoms with Crippen molar-refractivity contribution in [3.63, 3.8) is 0 Å². The summed E-state index contributed by atoms with van der Waals surface area (Å²) in [5.74, 6) is 0. The molecular weight excluding hydrogens is 1290 g/mol. The number of furan rings is 1. The summed E-state index contributed by atoms with van der Waals surface area (Å²) >= 11 is 5.63. The van der Waals surface area contributed by atoms with E-state index in [-0.39, 0.29) is 0 Å². The molecule has 20 rings (SSSR count). The summed E-state index contributed by atoms with van der Waals surface area (Å²) in [6.07, 6.45) is 0. The fourth-order valence-electron chi connectivity index (χ4n) is 15.4. The highest BCUT2D eigenvalue weighted by atomic mass is 32.1. The molecule has 0 saturated carbocycles. The second-order valence-electron chi connectivity index (χ2n) is 26.2. The lowest BCUT2D eigenvalue weighted by Gasteiger charge is -2.26. The highest BCUT2D eigenvalue weighted by Gasteiger charge is 2.22. The van der Waals surface area contributed by atoms with E-state index in [1.54, 1.807) is 0 Å². The minimum absolute atomic E-state index is 0.897. The molecule has 102 heavy (non-hydrogen) atoms. The van der Waals surface area contributed by atoms with Crippen molar-refractivity contribution in [2.24, 2.45) is 0 Å². The van der Waals surface area contributed by atoms with Crippen molar-refractivity contribution < 1.29 is 4.42 Å². The maximum atomic E-state index is 6.50. The molecule has 0 unspecified atom stereocenters. The molecule has 4 heterocycles. The van der Waals surface area contributed by atoms with Gasteiger partial charge in [0.15, 0.2) is 0 Å². The van der Waals surface area contributed by atoms with E-state index >= 15 is 0 Å². The van der Waals surface area contributed by atoms with Crippen molar-refractivity contribution in [2.45, 2.75) is 0 Å². The van der Waals surface area contributed by atoms with Crippen LogP contribution >= 0.6 is 34.0 Å². The van der Waals surface area contributed by atoms with Crippen LogP contribution in [0.5, 0.6) is 0 Å². The summed E-state index contributed by atoms with van der Waals surface area (Å²) in [4.78, 5) is 4.76. The lowest BCUT2D eigenvalue weighted by atomic mass is 9.93. The van der Waals surface area contributed by atoms with Crippen LogP contribution in [0.3, 0.4) is 0 Å². The largest absolute Gasteiger partial charge is 0.455 e. The van der Waals surface area contributed by atoms with Crippen LogP contribution in [0.4, 0.5) is 34.1 Å². The van der Waals surface area contributed by atoms with Crippen LogP contribution in [0.2, 0.25) is 0 Å². The Bertz CT molecular complexity index is 6430. The molecule has 0 atom stereocenters. The molecule has 0 aliphatic heterocycles. The van der Waals surface area contributed by atoms with Crippen LogP contribution in [0, 0.1) is 0 Å². The normalized spacial score (nSPS) is 11.7. The van der Waals surface area contributed by atoms with Gasteiger partial charge in [-0.3, -0.25) is 0 Å². The zero-order chi connectivity index (χ0) is 67.2. The molecule has 0 fully saturated rings. The second kappa shape index (κ2) is 24.8. The van der Waals surface area contributed by atoms with Crippen LogP contribution in [0.15, 0.2) is 368 Å². The zero-order valence-corrected chi connectivity index (χ0v) is 57.6. The molecule has 6 heteroatoms. The minimum atomic E-state index is 0.897. The maximum absolute atomic E-state index is 6.50. The van der Waals surface area contributed by atoms with Gasteiger partial charge in [0.1, 0.15) is 11.2 Å². The maximum Gasteiger partial charge on any atom is 0.143 e. The van der Waals surface area contributed by atoms with Gasteiger partial charge in [0.05, 0.1) is 0 Å². The van der Waals surface area contributed by atoms with Crippen molar-refractivity contribution in [3.8, 4) is 77.9 Å². The van der Waals surface area contributed by atoms with Crippen LogP contribution < -0.4 is 9.80 Å². The van der Waals surface area contributed by atoms with Crippen LogP contribution in [0.1, 0.15) is 0 Å². The standard InChI is InChI=1S/C96H60N2OS3/c1-2-16-61(17-3-1)62-34-46-70(47-35-62)97(72-50-38-64(39-51-72)77-24-13-27-84-81-20-4-8-30-88(81)99-93(77)84)71-48-36-63(37-49-71)68-18-12-19-69(60-68)76-58-59-80(96-92(76)87-23-7-11-33-91(87)102-96)67-44-56-75(57-45-67)98(73-52-40-65(41-53-73)78-25-14-28-85-82-21-5-9-31-89(82)100-94(78)85)74-54-42-66(43-55-74)79-26-15-29-86-83-22-6-10-32-90(83)101-95(79)86/h1-60H. The van der Waals surface area contributed by atoms with Gasteiger partial charge in [-0.1, -0.05) is 261 Å². The highest BCUT2D eigenvalue weighted by Crippen LogP contribution is 2.49. The molecule has 16 aromatic carbocycles. The molecule has 0 spiro atoms. The van der Waals surface area contributed by atoms with E-state index in [0.29, 0.717) is 0 Å². The van der Waals surface area contributed by atoms with E-state index in [1.807, 2.05) is 46.1 Å². The van der Waals surface area contributed by atoms with Crippen LogP contribution in [-0.2, 0) is 0 Å². The molecule has 478 valence electrons. The Kier molecular flexibility index (Phi) is 14.5. The van der Waals surface area contributed by atoms with Crippen molar-refractivity contribution >= 4 is 151 Å². The lowest BCUT2D eigenvalue weighted by Crippen LogP contribution is -2.09. The summed E-state index contributed by atoms with van der Waals surface area (Å²) in [6, 6.07) is 133. The van der Waals surface area contributed by atoms with Crippen LogP contribution in [0.25, 0.3) is 160 Å².